The topological polar surface area (TPSA) is 82.7 Å². The fourth-order valence-corrected chi connectivity index (χ4v) is 4.04. The molecule has 1 aliphatic heterocycles. The molecule has 2 heterocycles. The van der Waals surface area contributed by atoms with Crippen LogP contribution in [-0.2, 0) is 19.1 Å². The van der Waals surface area contributed by atoms with Crippen molar-refractivity contribution in [2.24, 2.45) is 0 Å². The van der Waals surface area contributed by atoms with E-state index in [1.165, 1.54) is 44.1 Å². The Morgan fingerprint density at radius 3 is 2.47 bits per heavy atom. The number of hydrogen-bond donors (Lipinski definition) is 1. The molecular formula is C26H24F3N3O4. The molecule has 0 radical (unpaired) electrons. The van der Waals surface area contributed by atoms with Gasteiger partial charge in [-0.3, -0.25) is 14.4 Å². The summed E-state index contributed by atoms with van der Waals surface area (Å²) in [7, 11) is 3.06. The molecule has 0 spiro atoms. The summed E-state index contributed by atoms with van der Waals surface area (Å²) in [5.41, 5.74) is -0.0939. The van der Waals surface area contributed by atoms with Gasteiger partial charge in [-0.1, -0.05) is 18.2 Å². The first-order valence-electron chi connectivity index (χ1n) is 11.1. The number of rotatable bonds is 5. The SMILES string of the molecule is Cc1[nH]c(=O)c(C(=O)N(Cc2ccc3c(c2)CCO3)c2cccc(C(F)(F)F)c2)cc1C(=O)N(C)C. The highest BCUT2D eigenvalue weighted by Crippen LogP contribution is 2.33. The number of alkyl halides is 3. The van der Waals surface area contributed by atoms with Crippen LogP contribution in [0.4, 0.5) is 18.9 Å². The molecule has 2 amide bonds. The van der Waals surface area contributed by atoms with Gasteiger partial charge in [0.25, 0.3) is 17.4 Å². The average Bonchev–Trinajstić information content (AvgIpc) is 3.29. The third kappa shape index (κ3) is 4.98. The Hall–Kier alpha value is -4.08. The maximum absolute atomic E-state index is 13.7. The molecule has 0 aliphatic carbocycles. The number of amides is 2. The lowest BCUT2D eigenvalue weighted by molar-refractivity contribution is -0.137. The number of halogens is 3. The van der Waals surface area contributed by atoms with Crippen molar-refractivity contribution in [3.63, 3.8) is 0 Å². The standard InChI is InChI=1S/C26H24F3N3O4/c1-15-20(24(34)31(2)3)13-21(23(33)30-15)25(35)32(19-6-4-5-18(12-19)26(27,28)29)14-16-7-8-22-17(11-16)9-10-36-22/h4-8,11-13H,9-10,14H2,1-3H3,(H,30,33). The summed E-state index contributed by atoms with van der Waals surface area (Å²) in [6.45, 7) is 1.96. The van der Waals surface area contributed by atoms with Crippen LogP contribution in [0.1, 0.15) is 43.1 Å². The first-order chi connectivity index (χ1) is 17.0. The van der Waals surface area contributed by atoms with E-state index in [1.54, 1.807) is 12.1 Å². The number of carbonyl (C=O) groups is 2. The summed E-state index contributed by atoms with van der Waals surface area (Å²) in [6.07, 6.45) is -3.95. The summed E-state index contributed by atoms with van der Waals surface area (Å²) in [5, 5.41) is 0. The van der Waals surface area contributed by atoms with Gasteiger partial charge < -0.3 is 19.5 Å². The van der Waals surface area contributed by atoms with Crippen LogP contribution >= 0.6 is 0 Å². The lowest BCUT2D eigenvalue weighted by atomic mass is 10.1. The summed E-state index contributed by atoms with van der Waals surface area (Å²) in [6, 6.07) is 10.8. The second-order valence-corrected chi connectivity index (χ2v) is 8.73. The van der Waals surface area contributed by atoms with Gasteiger partial charge in [-0.05, 0) is 48.4 Å². The van der Waals surface area contributed by atoms with E-state index in [0.717, 1.165) is 28.3 Å². The van der Waals surface area contributed by atoms with Crippen LogP contribution in [0.2, 0.25) is 0 Å². The van der Waals surface area contributed by atoms with Crippen molar-refractivity contribution in [1.82, 2.24) is 9.88 Å². The summed E-state index contributed by atoms with van der Waals surface area (Å²) in [4.78, 5) is 44.0. The van der Waals surface area contributed by atoms with Gasteiger partial charge >= 0.3 is 6.18 Å². The number of ether oxygens (including phenoxy) is 1. The van der Waals surface area contributed by atoms with Crippen molar-refractivity contribution >= 4 is 17.5 Å². The number of H-pyrrole nitrogens is 1. The van der Waals surface area contributed by atoms with Crippen molar-refractivity contribution in [3.05, 3.63) is 92.4 Å². The van der Waals surface area contributed by atoms with Gasteiger partial charge in [0.2, 0.25) is 0 Å². The molecule has 0 fully saturated rings. The molecule has 0 atom stereocenters. The number of carbonyl (C=O) groups excluding carboxylic acids is 2. The van der Waals surface area contributed by atoms with Crippen LogP contribution in [0, 0.1) is 6.92 Å². The van der Waals surface area contributed by atoms with Crippen LogP contribution in [0.3, 0.4) is 0 Å². The molecule has 3 aromatic rings. The van der Waals surface area contributed by atoms with Crippen molar-refractivity contribution in [1.29, 1.82) is 0 Å². The zero-order valence-corrected chi connectivity index (χ0v) is 19.9. The third-order valence-electron chi connectivity index (χ3n) is 5.93. The number of aromatic nitrogens is 1. The Kier molecular flexibility index (Phi) is 6.62. The second-order valence-electron chi connectivity index (χ2n) is 8.73. The molecule has 10 heteroatoms. The third-order valence-corrected chi connectivity index (χ3v) is 5.93. The van der Waals surface area contributed by atoms with Crippen LogP contribution in [0.15, 0.2) is 53.3 Å². The highest BCUT2D eigenvalue weighted by atomic mass is 19.4. The first-order valence-corrected chi connectivity index (χ1v) is 11.1. The minimum Gasteiger partial charge on any atom is -0.493 e. The van der Waals surface area contributed by atoms with Gasteiger partial charge in [-0.2, -0.15) is 13.2 Å². The van der Waals surface area contributed by atoms with E-state index in [-0.39, 0.29) is 29.1 Å². The molecule has 1 N–H and O–H groups in total. The zero-order chi connectivity index (χ0) is 26.2. The van der Waals surface area contributed by atoms with E-state index in [2.05, 4.69) is 4.98 Å². The van der Waals surface area contributed by atoms with Gasteiger partial charge in [-0.15, -0.1) is 0 Å². The van der Waals surface area contributed by atoms with Crippen molar-refractivity contribution in [3.8, 4) is 5.75 Å². The number of nitrogens with one attached hydrogen (secondary N) is 1. The molecule has 2 aromatic carbocycles. The highest BCUT2D eigenvalue weighted by molar-refractivity contribution is 6.07. The number of anilines is 1. The largest absolute Gasteiger partial charge is 0.493 e. The molecule has 1 aliphatic rings. The van der Waals surface area contributed by atoms with Gasteiger partial charge in [-0.25, -0.2) is 0 Å². The number of fused-ring (bicyclic) bond motifs is 1. The van der Waals surface area contributed by atoms with E-state index in [0.29, 0.717) is 18.6 Å². The van der Waals surface area contributed by atoms with Gasteiger partial charge in [0.15, 0.2) is 0 Å². The van der Waals surface area contributed by atoms with Gasteiger partial charge in [0.05, 0.1) is 24.3 Å². The number of aryl methyl sites for hydroxylation is 1. The molecule has 4 rings (SSSR count). The van der Waals surface area contributed by atoms with E-state index in [1.807, 2.05) is 6.07 Å². The summed E-state index contributed by atoms with van der Waals surface area (Å²) < 4.78 is 45.8. The van der Waals surface area contributed by atoms with Crippen LogP contribution in [0.25, 0.3) is 0 Å². The van der Waals surface area contributed by atoms with Gasteiger partial charge in [0, 0.05) is 31.9 Å². The Morgan fingerprint density at radius 1 is 1.03 bits per heavy atom. The summed E-state index contributed by atoms with van der Waals surface area (Å²) >= 11 is 0. The highest BCUT2D eigenvalue weighted by Gasteiger charge is 2.32. The second kappa shape index (κ2) is 9.52. The number of hydrogen-bond acceptors (Lipinski definition) is 4. The van der Waals surface area contributed by atoms with Crippen LogP contribution in [0.5, 0.6) is 5.75 Å². The van der Waals surface area contributed by atoms with E-state index < -0.39 is 29.1 Å². The molecule has 188 valence electrons. The molecule has 0 unspecified atom stereocenters. The molecular weight excluding hydrogens is 475 g/mol. The van der Waals surface area contributed by atoms with Crippen molar-refractivity contribution in [2.75, 3.05) is 25.6 Å². The van der Waals surface area contributed by atoms with Crippen LogP contribution < -0.4 is 15.2 Å². The van der Waals surface area contributed by atoms with Crippen LogP contribution in [-0.4, -0.2) is 42.4 Å². The Bertz CT molecular complexity index is 1400. The monoisotopic (exact) mass is 499 g/mol. The lowest BCUT2D eigenvalue weighted by Gasteiger charge is -2.24. The normalized spacial score (nSPS) is 12.6. The molecule has 0 bridgehead atoms. The number of aromatic amines is 1. The number of pyridine rings is 1. The fourth-order valence-electron chi connectivity index (χ4n) is 4.04. The maximum Gasteiger partial charge on any atom is 0.416 e. The van der Waals surface area contributed by atoms with E-state index in [9.17, 15) is 27.6 Å². The average molecular weight is 499 g/mol. The molecule has 1 aromatic heterocycles. The number of benzene rings is 2. The first kappa shape index (κ1) is 25.0. The summed E-state index contributed by atoms with van der Waals surface area (Å²) in [5.74, 6) is -0.542. The quantitative estimate of drug-likeness (QED) is 0.571. The zero-order valence-electron chi connectivity index (χ0n) is 19.9. The Labute approximate surface area is 205 Å². The van der Waals surface area contributed by atoms with Gasteiger partial charge in [0.1, 0.15) is 11.3 Å². The Morgan fingerprint density at radius 2 is 1.78 bits per heavy atom. The lowest BCUT2D eigenvalue weighted by Crippen LogP contribution is -2.36. The molecule has 36 heavy (non-hydrogen) atoms. The Balaban J connectivity index is 1.81. The minimum absolute atomic E-state index is 0.0352. The minimum atomic E-state index is -4.62. The van der Waals surface area contributed by atoms with Crippen molar-refractivity contribution < 1.29 is 27.5 Å². The van der Waals surface area contributed by atoms with E-state index in [4.69, 9.17) is 4.74 Å². The predicted molar refractivity (Wildman–Crippen MR) is 127 cm³/mol. The fraction of sp³-hybridized carbons (Fsp3) is 0.269. The molecule has 0 saturated carbocycles. The number of nitrogens with zero attached hydrogens (tertiary/aromatic N) is 2. The maximum atomic E-state index is 13.7. The molecule has 7 nitrogen and oxygen atoms in total. The smallest absolute Gasteiger partial charge is 0.416 e. The predicted octanol–water partition coefficient (Wildman–Crippen LogP) is 4.19. The molecule has 0 saturated heterocycles. The van der Waals surface area contributed by atoms with E-state index >= 15 is 0 Å². The van der Waals surface area contributed by atoms with Crippen molar-refractivity contribution in [2.45, 2.75) is 26.1 Å².